The van der Waals surface area contributed by atoms with Crippen LogP contribution >= 0.6 is 0 Å². The molecule has 32 heavy (non-hydrogen) atoms. The summed E-state index contributed by atoms with van der Waals surface area (Å²) in [4.78, 5) is 12.2. The van der Waals surface area contributed by atoms with E-state index in [0.717, 1.165) is 5.56 Å². The highest BCUT2D eigenvalue weighted by Gasteiger charge is 2.37. The van der Waals surface area contributed by atoms with Crippen molar-refractivity contribution in [2.24, 2.45) is 0 Å². The maximum Gasteiger partial charge on any atom is 0.264 e. The summed E-state index contributed by atoms with van der Waals surface area (Å²) in [5.74, 6) is -0.854. The predicted molar refractivity (Wildman–Crippen MR) is 123 cm³/mol. The SMILES string of the molecule is Cc1ccc(N2C(=O)CCS2(=O)=O)cc1S(=O)(=O)N(Cc1ccccc1)c1ccccc1. The average molecular weight is 471 g/mol. The van der Waals surface area contributed by atoms with Gasteiger partial charge in [-0.1, -0.05) is 54.6 Å². The van der Waals surface area contributed by atoms with E-state index in [4.69, 9.17) is 0 Å². The fourth-order valence-corrected chi connectivity index (χ4v) is 6.79. The van der Waals surface area contributed by atoms with Crippen molar-refractivity contribution >= 4 is 37.3 Å². The van der Waals surface area contributed by atoms with Crippen molar-refractivity contribution in [1.82, 2.24) is 0 Å². The Morgan fingerprint density at radius 2 is 1.56 bits per heavy atom. The highest BCUT2D eigenvalue weighted by molar-refractivity contribution is 7.94. The molecule has 0 aromatic heterocycles. The maximum atomic E-state index is 13.8. The molecule has 1 aliphatic rings. The van der Waals surface area contributed by atoms with Gasteiger partial charge in [0.2, 0.25) is 15.9 Å². The number of sulfonamides is 2. The first kappa shape index (κ1) is 22.0. The van der Waals surface area contributed by atoms with Gasteiger partial charge in [-0.25, -0.2) is 21.1 Å². The van der Waals surface area contributed by atoms with Crippen LogP contribution in [0.2, 0.25) is 0 Å². The monoisotopic (exact) mass is 470 g/mol. The van der Waals surface area contributed by atoms with Gasteiger partial charge >= 0.3 is 0 Å². The summed E-state index contributed by atoms with van der Waals surface area (Å²) in [5, 5.41) is 0. The molecule has 3 aromatic rings. The molecule has 7 nitrogen and oxygen atoms in total. The van der Waals surface area contributed by atoms with Crippen LogP contribution in [0.15, 0.2) is 83.8 Å². The minimum Gasteiger partial charge on any atom is -0.273 e. The van der Waals surface area contributed by atoms with E-state index in [0.29, 0.717) is 15.6 Å². The van der Waals surface area contributed by atoms with Crippen molar-refractivity contribution in [2.75, 3.05) is 14.4 Å². The summed E-state index contributed by atoms with van der Waals surface area (Å²) in [6.45, 7) is 1.74. The molecule has 1 amide bonds. The summed E-state index contributed by atoms with van der Waals surface area (Å²) in [6, 6.07) is 22.2. The molecule has 166 valence electrons. The first-order valence-corrected chi connectivity index (χ1v) is 13.0. The number of rotatable bonds is 6. The van der Waals surface area contributed by atoms with E-state index >= 15 is 0 Å². The van der Waals surface area contributed by atoms with E-state index < -0.39 is 26.0 Å². The van der Waals surface area contributed by atoms with Crippen LogP contribution in [-0.4, -0.2) is 28.5 Å². The van der Waals surface area contributed by atoms with Crippen LogP contribution in [0.3, 0.4) is 0 Å². The van der Waals surface area contributed by atoms with Gasteiger partial charge in [0.1, 0.15) is 0 Å². The second-order valence-corrected chi connectivity index (χ2v) is 11.3. The highest BCUT2D eigenvalue weighted by atomic mass is 32.2. The molecule has 1 aliphatic heterocycles. The predicted octanol–water partition coefficient (Wildman–Crippen LogP) is 3.46. The van der Waals surface area contributed by atoms with Gasteiger partial charge in [0.05, 0.1) is 28.6 Å². The Bertz CT molecular complexity index is 1360. The molecular formula is C23H22N2O5S2. The standard InChI is InChI=1S/C23H22N2O5S2/c1-18-12-13-21(25-23(26)14-15-31(25,27)28)16-22(18)32(29,30)24(20-10-6-3-7-11-20)17-19-8-4-2-5-9-19/h2-13,16H,14-15,17H2,1H3. The fourth-order valence-electron chi connectivity index (χ4n) is 3.64. The molecule has 3 aromatic carbocycles. The molecule has 4 rings (SSSR count). The number of carbonyl (C=O) groups is 1. The zero-order valence-corrected chi connectivity index (χ0v) is 19.0. The van der Waals surface area contributed by atoms with Crippen LogP contribution in [0.1, 0.15) is 17.5 Å². The summed E-state index contributed by atoms with van der Waals surface area (Å²) < 4.78 is 54.4. The third kappa shape index (κ3) is 4.13. The lowest BCUT2D eigenvalue weighted by Gasteiger charge is -2.26. The molecule has 1 heterocycles. The zero-order chi connectivity index (χ0) is 22.9. The molecule has 0 atom stereocenters. The summed E-state index contributed by atoms with van der Waals surface area (Å²) in [7, 11) is -7.90. The van der Waals surface area contributed by atoms with E-state index in [2.05, 4.69) is 0 Å². The first-order chi connectivity index (χ1) is 15.2. The Morgan fingerprint density at radius 3 is 2.16 bits per heavy atom. The van der Waals surface area contributed by atoms with Crippen LogP contribution in [-0.2, 0) is 31.4 Å². The Hall–Kier alpha value is -3.17. The van der Waals surface area contributed by atoms with Crippen molar-refractivity contribution in [2.45, 2.75) is 24.8 Å². The molecule has 9 heteroatoms. The van der Waals surface area contributed by atoms with Crippen molar-refractivity contribution < 1.29 is 21.6 Å². The quantitative estimate of drug-likeness (QED) is 0.550. The number of aryl methyl sites for hydroxylation is 1. The molecule has 0 bridgehead atoms. The van der Waals surface area contributed by atoms with Gasteiger partial charge in [0.25, 0.3) is 10.0 Å². The van der Waals surface area contributed by atoms with Gasteiger partial charge < -0.3 is 0 Å². The van der Waals surface area contributed by atoms with Crippen LogP contribution in [0.4, 0.5) is 11.4 Å². The Labute approximate surface area is 188 Å². The summed E-state index contributed by atoms with van der Waals surface area (Å²) >= 11 is 0. The lowest BCUT2D eigenvalue weighted by atomic mass is 10.2. The number of amides is 1. The molecule has 0 spiro atoms. The van der Waals surface area contributed by atoms with E-state index in [1.807, 2.05) is 30.3 Å². The van der Waals surface area contributed by atoms with Crippen LogP contribution < -0.4 is 8.61 Å². The number of anilines is 2. The maximum absolute atomic E-state index is 13.8. The van der Waals surface area contributed by atoms with Gasteiger partial charge in [-0.2, -0.15) is 0 Å². The summed E-state index contributed by atoms with van der Waals surface area (Å²) in [5.41, 5.74) is 1.76. The number of para-hydroxylation sites is 1. The second kappa shape index (κ2) is 8.40. The van der Waals surface area contributed by atoms with Crippen LogP contribution in [0.5, 0.6) is 0 Å². The zero-order valence-electron chi connectivity index (χ0n) is 17.4. The van der Waals surface area contributed by atoms with Gasteiger partial charge in [-0.3, -0.25) is 9.10 Å². The van der Waals surface area contributed by atoms with Crippen molar-refractivity contribution in [3.8, 4) is 0 Å². The molecule has 0 N–H and O–H groups in total. The van der Waals surface area contributed by atoms with Crippen molar-refractivity contribution in [3.05, 3.63) is 90.0 Å². The lowest BCUT2D eigenvalue weighted by molar-refractivity contribution is -0.116. The third-order valence-corrected chi connectivity index (χ3v) is 8.87. The molecular weight excluding hydrogens is 448 g/mol. The first-order valence-electron chi connectivity index (χ1n) is 9.98. The number of benzene rings is 3. The number of hydrogen-bond donors (Lipinski definition) is 0. The van der Waals surface area contributed by atoms with Gasteiger partial charge in [-0.05, 0) is 42.3 Å². The van der Waals surface area contributed by atoms with Crippen molar-refractivity contribution in [3.63, 3.8) is 0 Å². The highest BCUT2D eigenvalue weighted by Crippen LogP contribution is 2.32. The van der Waals surface area contributed by atoms with Gasteiger partial charge in [0.15, 0.2) is 0 Å². The van der Waals surface area contributed by atoms with Crippen LogP contribution in [0, 0.1) is 6.92 Å². The van der Waals surface area contributed by atoms with Crippen LogP contribution in [0.25, 0.3) is 0 Å². The lowest BCUT2D eigenvalue weighted by Crippen LogP contribution is -2.32. The van der Waals surface area contributed by atoms with Gasteiger partial charge in [-0.15, -0.1) is 0 Å². The van der Waals surface area contributed by atoms with E-state index in [-0.39, 0.29) is 29.3 Å². The number of carbonyl (C=O) groups excluding carboxylic acids is 1. The molecule has 0 aliphatic carbocycles. The number of hydrogen-bond acceptors (Lipinski definition) is 5. The Morgan fingerprint density at radius 1 is 0.938 bits per heavy atom. The average Bonchev–Trinajstić information content (AvgIpc) is 3.06. The minimum atomic E-state index is -4.09. The molecule has 1 saturated heterocycles. The Kier molecular flexibility index (Phi) is 5.79. The third-order valence-electron chi connectivity index (χ3n) is 5.27. The van der Waals surface area contributed by atoms with E-state index in [1.165, 1.54) is 22.5 Å². The molecule has 0 saturated carbocycles. The minimum absolute atomic E-state index is 0.0318. The normalized spacial score (nSPS) is 15.7. The molecule has 0 unspecified atom stereocenters. The van der Waals surface area contributed by atoms with E-state index in [1.54, 1.807) is 37.3 Å². The largest absolute Gasteiger partial charge is 0.273 e. The van der Waals surface area contributed by atoms with E-state index in [9.17, 15) is 21.6 Å². The Balaban J connectivity index is 1.83. The number of nitrogens with zero attached hydrogens (tertiary/aromatic N) is 2. The topological polar surface area (TPSA) is 91.8 Å². The van der Waals surface area contributed by atoms with Gasteiger partial charge in [0, 0.05) is 6.42 Å². The molecule has 1 fully saturated rings. The van der Waals surface area contributed by atoms with Crippen molar-refractivity contribution in [1.29, 1.82) is 0 Å². The fraction of sp³-hybridized carbons (Fsp3) is 0.174. The second-order valence-electron chi connectivity index (χ2n) is 7.51. The molecule has 0 radical (unpaired) electrons. The smallest absolute Gasteiger partial charge is 0.264 e. The summed E-state index contributed by atoms with van der Waals surface area (Å²) in [6.07, 6.45) is -0.123.